The van der Waals surface area contributed by atoms with Crippen LogP contribution in [-0.4, -0.2) is 35.8 Å². The summed E-state index contributed by atoms with van der Waals surface area (Å²) in [5.74, 6) is 0.250. The van der Waals surface area contributed by atoms with Gasteiger partial charge in [-0.2, -0.15) is 0 Å². The fourth-order valence-electron chi connectivity index (χ4n) is 2.76. The second kappa shape index (κ2) is 8.91. The molecule has 1 aromatic heterocycles. The van der Waals surface area contributed by atoms with E-state index in [1.807, 2.05) is 42.5 Å². The molecule has 3 N–H and O–H groups in total. The first kappa shape index (κ1) is 21.3. The highest BCUT2D eigenvalue weighted by molar-refractivity contribution is 7.91. The van der Waals surface area contributed by atoms with Crippen molar-refractivity contribution in [3.63, 3.8) is 0 Å². The third kappa shape index (κ3) is 5.77. The number of benzene rings is 2. The zero-order valence-corrected chi connectivity index (χ0v) is 17.3. The second-order valence-electron chi connectivity index (χ2n) is 6.25. The van der Waals surface area contributed by atoms with Crippen molar-refractivity contribution in [3.8, 4) is 10.6 Å². The van der Waals surface area contributed by atoms with Gasteiger partial charge in [0.25, 0.3) is 10.0 Å². The lowest BCUT2D eigenvalue weighted by Crippen LogP contribution is -2.26. The summed E-state index contributed by atoms with van der Waals surface area (Å²) in [5, 5.41) is 15.2. The van der Waals surface area contributed by atoms with E-state index in [1.165, 1.54) is 11.8 Å². The van der Waals surface area contributed by atoms with Gasteiger partial charge < -0.3 is 10.2 Å². The van der Waals surface area contributed by atoms with Gasteiger partial charge in [-0.1, -0.05) is 54.1 Å². The molecule has 0 aliphatic heterocycles. The lowest BCUT2D eigenvalue weighted by molar-refractivity contribution is 0.137. The Bertz CT molecular complexity index is 1080. The molecule has 4 rings (SSSR count). The Morgan fingerprint density at radius 2 is 1.72 bits per heavy atom. The van der Waals surface area contributed by atoms with Crippen LogP contribution in [0.15, 0.2) is 65.0 Å². The molecule has 1 aliphatic carbocycles. The van der Waals surface area contributed by atoms with Gasteiger partial charge in [0, 0.05) is 22.5 Å². The van der Waals surface area contributed by atoms with E-state index in [0.29, 0.717) is 10.0 Å². The summed E-state index contributed by atoms with van der Waals surface area (Å²) in [4.78, 5) is 12.8. The second-order valence-corrected chi connectivity index (χ2v) is 9.66. The standard InChI is InChI=1S/C18H15ClN2O2S2.CH2O3/c19-14-8-6-13(7-9-14)18-20-11-17(24-18)25(22,23)21-16-10-15(16)12-4-2-1-3-5-12;2-1(3)4/h1-9,11,15-16,21H,10H2;(H2,2,3,4)/t15-,16+;/m1./s1. The minimum absolute atomic E-state index is 0.0477. The maximum Gasteiger partial charge on any atom is 0.503 e. The first-order valence-corrected chi connectivity index (χ1v) is 11.1. The van der Waals surface area contributed by atoms with Crippen LogP contribution in [0, 0.1) is 0 Å². The van der Waals surface area contributed by atoms with Gasteiger partial charge in [0.05, 0.1) is 6.20 Å². The summed E-state index contributed by atoms with van der Waals surface area (Å²) in [5.41, 5.74) is 2.02. The number of nitrogens with zero attached hydrogens (tertiary/aromatic N) is 1. The summed E-state index contributed by atoms with van der Waals surface area (Å²) < 4.78 is 28.2. The van der Waals surface area contributed by atoms with Crippen molar-refractivity contribution in [2.75, 3.05) is 0 Å². The van der Waals surface area contributed by atoms with Crippen LogP contribution < -0.4 is 4.72 Å². The number of hydrogen-bond acceptors (Lipinski definition) is 5. The summed E-state index contributed by atoms with van der Waals surface area (Å²) in [6.45, 7) is 0. The van der Waals surface area contributed by atoms with Gasteiger partial charge in [-0.15, -0.1) is 11.3 Å². The van der Waals surface area contributed by atoms with Gasteiger partial charge in [0.15, 0.2) is 4.21 Å². The zero-order valence-electron chi connectivity index (χ0n) is 14.9. The molecule has 0 bridgehead atoms. The molecule has 1 heterocycles. The highest BCUT2D eigenvalue weighted by atomic mass is 35.5. The van der Waals surface area contributed by atoms with Gasteiger partial charge in [0.2, 0.25) is 0 Å². The first-order chi connectivity index (χ1) is 13.8. The number of carboxylic acid groups (broad SMARTS) is 2. The largest absolute Gasteiger partial charge is 0.503 e. The van der Waals surface area contributed by atoms with E-state index in [0.717, 1.165) is 23.3 Å². The molecule has 0 unspecified atom stereocenters. The summed E-state index contributed by atoms with van der Waals surface area (Å²) in [6.07, 6.45) is 0.406. The van der Waals surface area contributed by atoms with Crippen molar-refractivity contribution < 1.29 is 23.4 Å². The number of carbonyl (C=O) groups is 1. The average Bonchev–Trinajstić information content (AvgIpc) is 3.23. The minimum atomic E-state index is -3.55. The smallest absolute Gasteiger partial charge is 0.450 e. The Balaban J connectivity index is 0.000000552. The van der Waals surface area contributed by atoms with Crippen LogP contribution in [0.4, 0.5) is 4.79 Å². The van der Waals surface area contributed by atoms with Crippen LogP contribution >= 0.6 is 22.9 Å². The summed E-state index contributed by atoms with van der Waals surface area (Å²) in [7, 11) is -3.55. The lowest BCUT2D eigenvalue weighted by Gasteiger charge is -2.04. The number of halogens is 1. The summed E-state index contributed by atoms with van der Waals surface area (Å²) >= 11 is 7.04. The highest BCUT2D eigenvalue weighted by Crippen LogP contribution is 2.41. The molecule has 1 fully saturated rings. The van der Waals surface area contributed by atoms with E-state index in [9.17, 15) is 8.42 Å². The number of aromatic nitrogens is 1. The van der Waals surface area contributed by atoms with Gasteiger partial charge in [0.1, 0.15) is 5.01 Å². The van der Waals surface area contributed by atoms with E-state index in [1.54, 1.807) is 12.1 Å². The highest BCUT2D eigenvalue weighted by Gasteiger charge is 2.41. The van der Waals surface area contributed by atoms with Crippen molar-refractivity contribution in [2.24, 2.45) is 0 Å². The molecule has 10 heteroatoms. The van der Waals surface area contributed by atoms with Crippen molar-refractivity contribution >= 4 is 39.1 Å². The monoisotopic (exact) mass is 452 g/mol. The average molecular weight is 453 g/mol. The Labute approximate surface area is 176 Å². The van der Waals surface area contributed by atoms with Crippen LogP contribution in [-0.2, 0) is 10.0 Å². The molecule has 2 aromatic carbocycles. The SMILES string of the molecule is O=C(O)O.O=S(=O)(N[C@H]1C[C@@H]1c1ccccc1)c1cnc(-c2ccc(Cl)cc2)s1. The van der Waals surface area contributed by atoms with Crippen LogP contribution in [0.25, 0.3) is 10.6 Å². The predicted molar refractivity (Wildman–Crippen MR) is 111 cm³/mol. The molecule has 1 saturated carbocycles. The Hall–Kier alpha value is -2.46. The molecular weight excluding hydrogens is 436 g/mol. The van der Waals surface area contributed by atoms with E-state index < -0.39 is 16.2 Å². The maximum atomic E-state index is 12.6. The molecule has 3 aromatic rings. The Morgan fingerprint density at radius 3 is 2.34 bits per heavy atom. The Kier molecular flexibility index (Phi) is 6.53. The molecule has 1 aliphatic rings. The Morgan fingerprint density at radius 1 is 1.10 bits per heavy atom. The van der Waals surface area contributed by atoms with Crippen LogP contribution in [0.3, 0.4) is 0 Å². The van der Waals surface area contributed by atoms with Gasteiger partial charge >= 0.3 is 6.16 Å². The fraction of sp³-hybridized carbons (Fsp3) is 0.158. The van der Waals surface area contributed by atoms with Crippen LogP contribution in [0.5, 0.6) is 0 Å². The fourth-order valence-corrected chi connectivity index (χ4v) is 5.33. The quantitative estimate of drug-likeness (QED) is 0.524. The number of rotatable bonds is 5. The predicted octanol–water partition coefficient (Wildman–Crippen LogP) is 4.52. The third-order valence-electron chi connectivity index (χ3n) is 4.17. The number of thiazole rings is 1. The molecule has 0 amide bonds. The molecule has 29 heavy (non-hydrogen) atoms. The maximum absolute atomic E-state index is 12.6. The summed E-state index contributed by atoms with van der Waals surface area (Å²) in [6, 6.07) is 17.1. The van der Waals surface area contributed by atoms with Gasteiger partial charge in [-0.3, -0.25) is 0 Å². The van der Waals surface area contributed by atoms with Crippen molar-refractivity contribution in [1.82, 2.24) is 9.71 Å². The topological polar surface area (TPSA) is 117 Å². The number of hydrogen-bond donors (Lipinski definition) is 3. The van der Waals surface area contributed by atoms with E-state index in [2.05, 4.69) is 9.71 Å². The van der Waals surface area contributed by atoms with Gasteiger partial charge in [-0.25, -0.2) is 22.9 Å². The van der Waals surface area contributed by atoms with Crippen LogP contribution in [0.2, 0.25) is 5.02 Å². The van der Waals surface area contributed by atoms with E-state index >= 15 is 0 Å². The first-order valence-electron chi connectivity index (χ1n) is 8.47. The molecule has 0 spiro atoms. The number of nitrogens with one attached hydrogen (secondary N) is 1. The van der Waals surface area contributed by atoms with Gasteiger partial charge in [-0.05, 0) is 24.1 Å². The lowest BCUT2D eigenvalue weighted by atomic mass is 10.1. The van der Waals surface area contributed by atoms with E-state index in [4.69, 9.17) is 26.6 Å². The molecule has 0 saturated heterocycles. The molecular formula is C19H17ClN2O5S2. The molecule has 0 radical (unpaired) electrons. The number of sulfonamides is 1. The zero-order chi connectivity index (χ0) is 21.0. The van der Waals surface area contributed by atoms with E-state index in [-0.39, 0.29) is 16.2 Å². The molecule has 2 atom stereocenters. The van der Waals surface area contributed by atoms with Crippen molar-refractivity contribution in [1.29, 1.82) is 0 Å². The minimum Gasteiger partial charge on any atom is -0.450 e. The molecule has 7 nitrogen and oxygen atoms in total. The third-order valence-corrected chi connectivity index (χ3v) is 7.41. The van der Waals surface area contributed by atoms with Crippen LogP contribution in [0.1, 0.15) is 17.9 Å². The van der Waals surface area contributed by atoms with Crippen molar-refractivity contribution in [2.45, 2.75) is 22.6 Å². The molecule has 152 valence electrons. The van der Waals surface area contributed by atoms with Crippen molar-refractivity contribution in [3.05, 3.63) is 71.4 Å². The normalized spacial score (nSPS) is 17.8.